The highest BCUT2D eigenvalue weighted by atomic mass is 16.4. The first-order valence-corrected chi connectivity index (χ1v) is 8.52. The molecule has 4 nitrogen and oxygen atoms in total. The lowest BCUT2D eigenvalue weighted by Gasteiger charge is -2.36. The molecule has 0 radical (unpaired) electrons. The van der Waals surface area contributed by atoms with Crippen LogP contribution in [0.5, 0.6) is 0 Å². The first-order chi connectivity index (χ1) is 10.9. The number of carboxylic acid groups (broad SMARTS) is 1. The van der Waals surface area contributed by atoms with Crippen LogP contribution in [0.4, 0.5) is 0 Å². The highest BCUT2D eigenvalue weighted by Crippen LogP contribution is 2.44. The first-order valence-electron chi connectivity index (χ1n) is 8.52. The van der Waals surface area contributed by atoms with Gasteiger partial charge in [0.25, 0.3) is 0 Å². The standard InChI is InChI=1S/C19H27NO3/c1-14(2)16-8-6-15(7-9-16)5-3-12-20-17(21)13-19(18(22)23)10-4-11-19/h6-9,14H,3-5,10-13H2,1-2H3,(H,20,21)(H,22,23). The summed E-state index contributed by atoms with van der Waals surface area (Å²) in [6.07, 6.45) is 4.06. The van der Waals surface area contributed by atoms with E-state index in [1.807, 2.05) is 0 Å². The van der Waals surface area contributed by atoms with Crippen LogP contribution >= 0.6 is 0 Å². The molecule has 1 aliphatic rings. The number of amides is 1. The molecule has 1 amide bonds. The molecule has 0 aliphatic heterocycles. The van der Waals surface area contributed by atoms with E-state index in [2.05, 4.69) is 43.4 Å². The molecule has 0 unspecified atom stereocenters. The zero-order chi connectivity index (χ0) is 16.9. The van der Waals surface area contributed by atoms with Gasteiger partial charge in [-0.25, -0.2) is 0 Å². The van der Waals surface area contributed by atoms with E-state index in [4.69, 9.17) is 0 Å². The van der Waals surface area contributed by atoms with E-state index in [-0.39, 0.29) is 12.3 Å². The lowest BCUT2D eigenvalue weighted by Crippen LogP contribution is -2.42. The van der Waals surface area contributed by atoms with Gasteiger partial charge in [-0.3, -0.25) is 9.59 Å². The van der Waals surface area contributed by atoms with Crippen LogP contribution in [-0.4, -0.2) is 23.5 Å². The minimum atomic E-state index is -0.829. The van der Waals surface area contributed by atoms with Crippen molar-refractivity contribution < 1.29 is 14.7 Å². The van der Waals surface area contributed by atoms with Crippen molar-refractivity contribution in [1.82, 2.24) is 5.32 Å². The lowest BCUT2D eigenvalue weighted by atomic mass is 9.66. The molecule has 1 aromatic rings. The molecule has 2 rings (SSSR count). The van der Waals surface area contributed by atoms with Gasteiger partial charge in [-0.2, -0.15) is 0 Å². The van der Waals surface area contributed by atoms with Gasteiger partial charge in [0.1, 0.15) is 0 Å². The first kappa shape index (κ1) is 17.5. The largest absolute Gasteiger partial charge is 0.481 e. The monoisotopic (exact) mass is 317 g/mol. The molecular formula is C19H27NO3. The number of nitrogens with one attached hydrogen (secondary N) is 1. The molecule has 1 fully saturated rings. The van der Waals surface area contributed by atoms with Crippen LogP contribution in [0.15, 0.2) is 24.3 Å². The summed E-state index contributed by atoms with van der Waals surface area (Å²) in [6, 6.07) is 8.60. The maximum Gasteiger partial charge on any atom is 0.310 e. The minimum Gasteiger partial charge on any atom is -0.481 e. The maximum atomic E-state index is 11.9. The molecule has 0 saturated heterocycles. The third-order valence-corrected chi connectivity index (χ3v) is 4.87. The van der Waals surface area contributed by atoms with Crippen LogP contribution < -0.4 is 5.32 Å². The van der Waals surface area contributed by atoms with E-state index in [1.165, 1.54) is 11.1 Å². The van der Waals surface area contributed by atoms with Gasteiger partial charge in [0.2, 0.25) is 5.91 Å². The normalized spacial score (nSPS) is 16.0. The smallest absolute Gasteiger partial charge is 0.310 e. The van der Waals surface area contributed by atoms with Gasteiger partial charge in [0.15, 0.2) is 0 Å². The molecule has 1 aliphatic carbocycles. The van der Waals surface area contributed by atoms with Crippen LogP contribution in [0, 0.1) is 5.41 Å². The molecule has 1 aromatic carbocycles. The SMILES string of the molecule is CC(C)c1ccc(CCCNC(=O)CC2(C(=O)O)CCC2)cc1. The van der Waals surface area contributed by atoms with Gasteiger partial charge >= 0.3 is 5.97 Å². The Morgan fingerprint density at radius 3 is 2.35 bits per heavy atom. The average Bonchev–Trinajstić information content (AvgIpc) is 2.47. The van der Waals surface area contributed by atoms with Crippen molar-refractivity contribution in [2.24, 2.45) is 5.41 Å². The van der Waals surface area contributed by atoms with Gasteiger partial charge in [-0.15, -0.1) is 0 Å². The Hall–Kier alpha value is -1.84. The minimum absolute atomic E-state index is 0.116. The fraction of sp³-hybridized carbons (Fsp3) is 0.579. The van der Waals surface area contributed by atoms with Crippen molar-refractivity contribution >= 4 is 11.9 Å². The van der Waals surface area contributed by atoms with E-state index >= 15 is 0 Å². The summed E-state index contributed by atoms with van der Waals surface area (Å²) in [6.45, 7) is 4.95. The van der Waals surface area contributed by atoms with Gasteiger partial charge < -0.3 is 10.4 Å². The summed E-state index contributed by atoms with van der Waals surface area (Å²) in [5, 5.41) is 12.1. The predicted octanol–water partition coefficient (Wildman–Crippen LogP) is 3.50. The number of aryl methyl sites for hydroxylation is 1. The van der Waals surface area contributed by atoms with Crippen molar-refractivity contribution in [2.75, 3.05) is 6.54 Å². The van der Waals surface area contributed by atoms with Gasteiger partial charge in [-0.05, 0) is 42.7 Å². The number of carbonyl (C=O) groups excluding carboxylic acids is 1. The second-order valence-corrected chi connectivity index (χ2v) is 6.97. The highest BCUT2D eigenvalue weighted by molar-refractivity contribution is 5.85. The van der Waals surface area contributed by atoms with Crippen molar-refractivity contribution in [2.45, 2.75) is 58.3 Å². The Morgan fingerprint density at radius 2 is 1.87 bits per heavy atom. The summed E-state index contributed by atoms with van der Waals surface area (Å²) >= 11 is 0. The fourth-order valence-corrected chi connectivity index (χ4v) is 3.03. The highest BCUT2D eigenvalue weighted by Gasteiger charge is 2.45. The molecule has 0 atom stereocenters. The van der Waals surface area contributed by atoms with Crippen molar-refractivity contribution in [1.29, 1.82) is 0 Å². The van der Waals surface area contributed by atoms with E-state index in [9.17, 15) is 14.7 Å². The Balaban J connectivity index is 1.69. The van der Waals surface area contributed by atoms with E-state index in [0.29, 0.717) is 25.3 Å². The number of benzene rings is 1. The Bertz CT molecular complexity index is 544. The third-order valence-electron chi connectivity index (χ3n) is 4.87. The fourth-order valence-electron chi connectivity index (χ4n) is 3.03. The summed E-state index contributed by atoms with van der Waals surface area (Å²) in [4.78, 5) is 23.2. The lowest BCUT2D eigenvalue weighted by molar-refractivity contribution is -0.157. The third kappa shape index (κ3) is 4.57. The van der Waals surface area contributed by atoms with E-state index in [0.717, 1.165) is 19.3 Å². The molecule has 0 heterocycles. The summed E-state index contributed by atoms with van der Waals surface area (Å²) in [5.41, 5.74) is 1.81. The quantitative estimate of drug-likeness (QED) is 0.721. The zero-order valence-corrected chi connectivity index (χ0v) is 14.1. The number of aliphatic carboxylic acids is 1. The number of hydrogen-bond acceptors (Lipinski definition) is 2. The molecule has 0 spiro atoms. The van der Waals surface area contributed by atoms with Crippen molar-refractivity contribution in [3.63, 3.8) is 0 Å². The second kappa shape index (κ2) is 7.62. The van der Waals surface area contributed by atoms with Crippen LogP contribution in [0.3, 0.4) is 0 Å². The second-order valence-electron chi connectivity index (χ2n) is 6.97. The van der Waals surface area contributed by atoms with Crippen LogP contribution in [-0.2, 0) is 16.0 Å². The predicted molar refractivity (Wildman–Crippen MR) is 90.4 cm³/mol. The van der Waals surface area contributed by atoms with Crippen molar-refractivity contribution in [3.05, 3.63) is 35.4 Å². The molecule has 0 bridgehead atoms. The number of rotatable bonds is 8. The van der Waals surface area contributed by atoms with Crippen LogP contribution in [0.1, 0.15) is 63.0 Å². The summed E-state index contributed by atoms with van der Waals surface area (Å²) in [7, 11) is 0. The van der Waals surface area contributed by atoms with Crippen molar-refractivity contribution in [3.8, 4) is 0 Å². The zero-order valence-electron chi connectivity index (χ0n) is 14.1. The summed E-state index contributed by atoms with van der Waals surface area (Å²) in [5.74, 6) is -0.428. The average molecular weight is 317 g/mol. The Labute approximate surface area is 138 Å². The van der Waals surface area contributed by atoms with E-state index < -0.39 is 11.4 Å². The molecule has 4 heteroatoms. The maximum absolute atomic E-state index is 11.9. The van der Waals surface area contributed by atoms with Crippen LogP contribution in [0.25, 0.3) is 0 Å². The molecule has 0 aromatic heterocycles. The number of carbonyl (C=O) groups is 2. The van der Waals surface area contributed by atoms with Gasteiger partial charge in [-0.1, -0.05) is 44.5 Å². The topological polar surface area (TPSA) is 66.4 Å². The summed E-state index contributed by atoms with van der Waals surface area (Å²) < 4.78 is 0. The number of carboxylic acids is 1. The van der Waals surface area contributed by atoms with Gasteiger partial charge in [0.05, 0.1) is 5.41 Å². The van der Waals surface area contributed by atoms with E-state index in [1.54, 1.807) is 0 Å². The molecule has 2 N–H and O–H groups in total. The Kier molecular flexibility index (Phi) is 5.80. The van der Waals surface area contributed by atoms with Gasteiger partial charge in [0, 0.05) is 13.0 Å². The number of hydrogen-bond donors (Lipinski definition) is 2. The molecule has 126 valence electrons. The molecular weight excluding hydrogens is 290 g/mol. The Morgan fingerprint density at radius 1 is 1.22 bits per heavy atom. The molecule has 1 saturated carbocycles. The van der Waals surface area contributed by atoms with Crippen LogP contribution in [0.2, 0.25) is 0 Å². The molecule has 23 heavy (non-hydrogen) atoms.